The lowest BCUT2D eigenvalue weighted by atomic mass is 9.96. The molecule has 1 heteroatoms. The van der Waals surface area contributed by atoms with Crippen LogP contribution in [0.25, 0.3) is 0 Å². The number of ether oxygens (including phenoxy) is 1. The van der Waals surface area contributed by atoms with Gasteiger partial charge in [-0.1, -0.05) is 45.9 Å². The highest BCUT2D eigenvalue weighted by Gasteiger charge is 2.18. The number of rotatable bonds is 4. The van der Waals surface area contributed by atoms with E-state index >= 15 is 0 Å². The average molecular weight is 192 g/mol. The Morgan fingerprint density at radius 3 is 1.79 bits per heavy atom. The van der Waals surface area contributed by atoms with Crippen molar-refractivity contribution in [2.45, 2.75) is 33.8 Å². The molecule has 0 amide bonds. The Balaban J connectivity index is 2.65. The molecule has 0 radical (unpaired) electrons. The van der Waals surface area contributed by atoms with E-state index in [-0.39, 0.29) is 0 Å². The van der Waals surface area contributed by atoms with Gasteiger partial charge in [-0.15, -0.1) is 0 Å². The molecule has 0 aliphatic heterocycles. The van der Waals surface area contributed by atoms with Gasteiger partial charge < -0.3 is 4.74 Å². The SMILES string of the molecule is CC(C)C(Oc1ccccc1)C(C)C. The predicted molar refractivity (Wildman–Crippen MR) is 60.5 cm³/mol. The minimum atomic E-state index is 0.303. The van der Waals surface area contributed by atoms with Crippen LogP contribution >= 0.6 is 0 Å². The molecule has 0 heterocycles. The summed E-state index contributed by atoms with van der Waals surface area (Å²) in [4.78, 5) is 0. The zero-order valence-electron chi connectivity index (χ0n) is 9.53. The van der Waals surface area contributed by atoms with E-state index in [0.29, 0.717) is 17.9 Å². The normalized spacial score (nSPS) is 11.4. The number of hydrogen-bond donors (Lipinski definition) is 0. The molecule has 14 heavy (non-hydrogen) atoms. The van der Waals surface area contributed by atoms with Gasteiger partial charge in [0.25, 0.3) is 0 Å². The van der Waals surface area contributed by atoms with E-state index < -0.39 is 0 Å². The standard InChI is InChI=1S/C13H20O/c1-10(2)13(11(3)4)14-12-8-6-5-7-9-12/h5-11,13H,1-4H3. The van der Waals surface area contributed by atoms with Crippen LogP contribution < -0.4 is 4.74 Å². The van der Waals surface area contributed by atoms with Crippen molar-refractivity contribution < 1.29 is 4.74 Å². The molecule has 0 spiro atoms. The van der Waals surface area contributed by atoms with Crippen LogP contribution in [-0.4, -0.2) is 6.10 Å². The van der Waals surface area contributed by atoms with Gasteiger partial charge in [-0.05, 0) is 24.0 Å². The summed E-state index contributed by atoms with van der Waals surface area (Å²) in [5, 5.41) is 0. The van der Waals surface area contributed by atoms with Crippen LogP contribution in [0.4, 0.5) is 0 Å². The maximum atomic E-state index is 5.94. The van der Waals surface area contributed by atoms with Gasteiger partial charge in [0, 0.05) is 0 Å². The van der Waals surface area contributed by atoms with E-state index in [2.05, 4.69) is 27.7 Å². The molecule has 1 rings (SSSR count). The van der Waals surface area contributed by atoms with Crippen LogP contribution in [0, 0.1) is 11.8 Å². The van der Waals surface area contributed by atoms with E-state index in [1.807, 2.05) is 30.3 Å². The van der Waals surface area contributed by atoms with Crippen LogP contribution in [0.1, 0.15) is 27.7 Å². The Morgan fingerprint density at radius 2 is 1.36 bits per heavy atom. The highest BCUT2D eigenvalue weighted by molar-refractivity contribution is 5.21. The third kappa shape index (κ3) is 3.06. The van der Waals surface area contributed by atoms with Crippen LogP contribution in [0.3, 0.4) is 0 Å². The van der Waals surface area contributed by atoms with Gasteiger partial charge in [0.2, 0.25) is 0 Å². The van der Waals surface area contributed by atoms with Crippen molar-refractivity contribution in [3.8, 4) is 5.75 Å². The van der Waals surface area contributed by atoms with Crippen LogP contribution in [0.5, 0.6) is 5.75 Å². The molecule has 0 saturated heterocycles. The molecule has 0 aliphatic rings. The molecule has 1 nitrogen and oxygen atoms in total. The first-order chi connectivity index (χ1) is 6.61. The summed E-state index contributed by atoms with van der Waals surface area (Å²) in [6.45, 7) is 8.81. The largest absolute Gasteiger partial charge is 0.490 e. The Kier molecular flexibility index (Phi) is 3.99. The monoisotopic (exact) mass is 192 g/mol. The summed E-state index contributed by atoms with van der Waals surface area (Å²) in [6.07, 6.45) is 0.303. The first-order valence-corrected chi connectivity index (χ1v) is 5.33. The first-order valence-electron chi connectivity index (χ1n) is 5.33. The quantitative estimate of drug-likeness (QED) is 0.706. The van der Waals surface area contributed by atoms with Gasteiger partial charge in [0.1, 0.15) is 11.9 Å². The molecule has 0 atom stereocenters. The Hall–Kier alpha value is -0.980. The second-order valence-corrected chi connectivity index (χ2v) is 4.38. The van der Waals surface area contributed by atoms with E-state index in [0.717, 1.165) is 5.75 Å². The second kappa shape index (κ2) is 5.04. The van der Waals surface area contributed by atoms with Crippen LogP contribution in [-0.2, 0) is 0 Å². The van der Waals surface area contributed by atoms with E-state index in [1.165, 1.54) is 0 Å². The van der Waals surface area contributed by atoms with Gasteiger partial charge in [-0.2, -0.15) is 0 Å². The van der Waals surface area contributed by atoms with Gasteiger partial charge in [0.05, 0.1) is 0 Å². The minimum Gasteiger partial charge on any atom is -0.490 e. The lowest BCUT2D eigenvalue weighted by Crippen LogP contribution is -2.28. The average Bonchev–Trinajstić information content (AvgIpc) is 2.15. The molecule has 0 fully saturated rings. The fourth-order valence-electron chi connectivity index (χ4n) is 1.70. The maximum absolute atomic E-state index is 5.94. The zero-order chi connectivity index (χ0) is 10.6. The molecule has 0 bridgehead atoms. The Bertz CT molecular complexity index is 243. The minimum absolute atomic E-state index is 0.303. The van der Waals surface area contributed by atoms with Crippen LogP contribution in [0.15, 0.2) is 30.3 Å². The molecule has 0 aromatic heterocycles. The highest BCUT2D eigenvalue weighted by Crippen LogP contribution is 2.20. The summed E-state index contributed by atoms with van der Waals surface area (Å²) in [7, 11) is 0. The van der Waals surface area contributed by atoms with Crippen molar-refractivity contribution in [1.29, 1.82) is 0 Å². The van der Waals surface area contributed by atoms with Crippen LogP contribution in [0.2, 0.25) is 0 Å². The summed E-state index contributed by atoms with van der Waals surface area (Å²) in [5.74, 6) is 2.07. The molecule has 0 saturated carbocycles. The van der Waals surface area contributed by atoms with Crippen molar-refractivity contribution in [3.63, 3.8) is 0 Å². The van der Waals surface area contributed by atoms with Gasteiger partial charge >= 0.3 is 0 Å². The third-order valence-corrected chi connectivity index (χ3v) is 2.33. The van der Waals surface area contributed by atoms with Gasteiger partial charge in [-0.3, -0.25) is 0 Å². The predicted octanol–water partition coefficient (Wildman–Crippen LogP) is 3.75. The van der Waals surface area contributed by atoms with Crippen molar-refractivity contribution in [3.05, 3.63) is 30.3 Å². The van der Waals surface area contributed by atoms with E-state index in [4.69, 9.17) is 4.74 Å². The second-order valence-electron chi connectivity index (χ2n) is 4.38. The van der Waals surface area contributed by atoms with Crippen molar-refractivity contribution in [2.75, 3.05) is 0 Å². The number of benzene rings is 1. The van der Waals surface area contributed by atoms with E-state index in [9.17, 15) is 0 Å². The fourth-order valence-corrected chi connectivity index (χ4v) is 1.70. The lowest BCUT2D eigenvalue weighted by Gasteiger charge is -2.26. The van der Waals surface area contributed by atoms with Gasteiger partial charge in [0.15, 0.2) is 0 Å². The maximum Gasteiger partial charge on any atom is 0.119 e. The van der Waals surface area contributed by atoms with Crippen molar-refractivity contribution in [2.24, 2.45) is 11.8 Å². The summed E-state index contributed by atoms with van der Waals surface area (Å²) >= 11 is 0. The Labute approximate surface area is 87.1 Å². The smallest absolute Gasteiger partial charge is 0.119 e. The topological polar surface area (TPSA) is 9.23 Å². The molecule has 1 aromatic rings. The molecule has 78 valence electrons. The molecule has 0 N–H and O–H groups in total. The van der Waals surface area contributed by atoms with E-state index in [1.54, 1.807) is 0 Å². The molecular weight excluding hydrogens is 172 g/mol. The van der Waals surface area contributed by atoms with Crippen molar-refractivity contribution >= 4 is 0 Å². The molecule has 0 aliphatic carbocycles. The third-order valence-electron chi connectivity index (χ3n) is 2.33. The number of hydrogen-bond acceptors (Lipinski definition) is 1. The zero-order valence-corrected chi connectivity index (χ0v) is 9.53. The lowest BCUT2D eigenvalue weighted by molar-refractivity contribution is 0.105. The summed E-state index contributed by atoms with van der Waals surface area (Å²) in [5.41, 5.74) is 0. The van der Waals surface area contributed by atoms with Gasteiger partial charge in [-0.25, -0.2) is 0 Å². The highest BCUT2D eigenvalue weighted by atomic mass is 16.5. The summed E-state index contributed by atoms with van der Waals surface area (Å²) in [6, 6.07) is 10.0. The molecule has 1 aromatic carbocycles. The Morgan fingerprint density at radius 1 is 0.857 bits per heavy atom. The van der Waals surface area contributed by atoms with Crippen molar-refractivity contribution in [1.82, 2.24) is 0 Å². The summed E-state index contributed by atoms with van der Waals surface area (Å²) < 4.78 is 5.94. The first kappa shape index (κ1) is 11.1. The molecule has 0 unspecified atom stereocenters. The fraction of sp³-hybridized carbons (Fsp3) is 0.538. The number of para-hydroxylation sites is 1. The molecular formula is C13H20O.